The van der Waals surface area contributed by atoms with Crippen LogP contribution in [-0.2, 0) is 0 Å². The van der Waals surface area contributed by atoms with Crippen molar-refractivity contribution in [1.82, 2.24) is 5.01 Å². The molecule has 0 bridgehead atoms. The molecular weight excluding hydrogens is 219 g/mol. The smallest absolute Gasteiger partial charge is 0.328 e. The zero-order valence-electron chi connectivity index (χ0n) is 9.17. The van der Waals surface area contributed by atoms with E-state index in [1.54, 1.807) is 0 Å². The van der Waals surface area contributed by atoms with E-state index in [0.717, 1.165) is 23.9 Å². The van der Waals surface area contributed by atoms with Crippen LogP contribution in [0.4, 0.5) is 13.2 Å². The third-order valence-electron chi connectivity index (χ3n) is 2.72. The number of rotatable bonds is 4. The molecule has 1 saturated carbocycles. The molecule has 0 heterocycles. The SMILES string of the molecule is C=NN(CC1CC(N)C1)/C(=C\C)C(F)(F)F. The zero-order valence-corrected chi connectivity index (χ0v) is 9.17. The van der Waals surface area contributed by atoms with Crippen LogP contribution in [0.5, 0.6) is 0 Å². The summed E-state index contributed by atoms with van der Waals surface area (Å²) in [6.45, 7) is 4.75. The molecule has 0 amide bonds. The molecule has 2 N–H and O–H groups in total. The summed E-state index contributed by atoms with van der Waals surface area (Å²) >= 11 is 0. The van der Waals surface area contributed by atoms with Gasteiger partial charge in [0, 0.05) is 19.3 Å². The highest BCUT2D eigenvalue weighted by atomic mass is 19.4. The highest BCUT2D eigenvalue weighted by Crippen LogP contribution is 2.32. The van der Waals surface area contributed by atoms with E-state index in [4.69, 9.17) is 5.73 Å². The number of alkyl halides is 3. The Balaban J connectivity index is 2.62. The Morgan fingerprint density at radius 2 is 2.12 bits per heavy atom. The maximum absolute atomic E-state index is 12.6. The summed E-state index contributed by atoms with van der Waals surface area (Å²) < 4.78 is 37.8. The van der Waals surface area contributed by atoms with Gasteiger partial charge in [0.05, 0.1) is 0 Å². The molecule has 1 aliphatic rings. The summed E-state index contributed by atoms with van der Waals surface area (Å²) in [4.78, 5) is 0. The molecule has 6 heteroatoms. The van der Waals surface area contributed by atoms with E-state index in [0.29, 0.717) is 0 Å². The van der Waals surface area contributed by atoms with Crippen LogP contribution in [-0.4, -0.2) is 30.5 Å². The monoisotopic (exact) mass is 235 g/mol. The van der Waals surface area contributed by atoms with Gasteiger partial charge in [-0.15, -0.1) is 0 Å². The third kappa shape index (κ3) is 2.98. The Morgan fingerprint density at radius 3 is 2.44 bits per heavy atom. The zero-order chi connectivity index (χ0) is 12.3. The van der Waals surface area contributed by atoms with Gasteiger partial charge in [-0.25, -0.2) is 0 Å². The highest BCUT2D eigenvalue weighted by Gasteiger charge is 2.39. The molecule has 16 heavy (non-hydrogen) atoms. The van der Waals surface area contributed by atoms with Crippen molar-refractivity contribution in [2.75, 3.05) is 6.54 Å². The summed E-state index contributed by atoms with van der Waals surface area (Å²) in [6.07, 6.45) is -1.88. The Morgan fingerprint density at radius 1 is 1.56 bits per heavy atom. The van der Waals surface area contributed by atoms with Crippen molar-refractivity contribution in [3.63, 3.8) is 0 Å². The molecule has 1 aliphatic carbocycles. The second kappa shape index (κ2) is 4.86. The first kappa shape index (κ1) is 13.0. The second-order valence-corrected chi connectivity index (χ2v) is 3.99. The fourth-order valence-electron chi connectivity index (χ4n) is 1.87. The molecule has 92 valence electrons. The average Bonchev–Trinajstić information content (AvgIpc) is 2.12. The lowest BCUT2D eigenvalue weighted by molar-refractivity contribution is -0.113. The van der Waals surface area contributed by atoms with E-state index in [1.807, 2.05) is 0 Å². The molecule has 0 saturated heterocycles. The average molecular weight is 235 g/mol. The number of hydrogen-bond acceptors (Lipinski definition) is 3. The second-order valence-electron chi connectivity index (χ2n) is 3.99. The van der Waals surface area contributed by atoms with Crippen molar-refractivity contribution in [2.24, 2.45) is 16.8 Å². The third-order valence-corrected chi connectivity index (χ3v) is 2.72. The van der Waals surface area contributed by atoms with Gasteiger partial charge >= 0.3 is 6.18 Å². The van der Waals surface area contributed by atoms with Crippen molar-refractivity contribution >= 4 is 6.72 Å². The Bertz CT molecular complexity index is 280. The lowest BCUT2D eigenvalue weighted by Crippen LogP contribution is -2.42. The van der Waals surface area contributed by atoms with Crippen LogP contribution in [0.1, 0.15) is 19.8 Å². The van der Waals surface area contributed by atoms with Gasteiger partial charge in [0.15, 0.2) is 0 Å². The van der Waals surface area contributed by atoms with E-state index in [2.05, 4.69) is 11.8 Å². The summed E-state index contributed by atoms with van der Waals surface area (Å²) in [5, 5.41) is 4.34. The maximum Gasteiger partial charge on any atom is 0.432 e. The van der Waals surface area contributed by atoms with Crippen molar-refractivity contribution in [2.45, 2.75) is 32.0 Å². The van der Waals surface area contributed by atoms with Crippen molar-refractivity contribution in [3.8, 4) is 0 Å². The van der Waals surface area contributed by atoms with Crippen LogP contribution in [0.2, 0.25) is 0 Å². The topological polar surface area (TPSA) is 41.6 Å². The van der Waals surface area contributed by atoms with E-state index < -0.39 is 11.9 Å². The minimum Gasteiger partial charge on any atom is -0.328 e. The number of nitrogens with two attached hydrogens (primary N) is 1. The van der Waals surface area contributed by atoms with Gasteiger partial charge in [0.25, 0.3) is 0 Å². The van der Waals surface area contributed by atoms with E-state index in [-0.39, 0.29) is 18.5 Å². The number of nitrogens with zero attached hydrogens (tertiary/aromatic N) is 2. The number of hydrogen-bond donors (Lipinski definition) is 1. The number of hydrazone groups is 1. The minimum atomic E-state index is -4.39. The minimum absolute atomic E-state index is 0.122. The quantitative estimate of drug-likeness (QED) is 0.599. The predicted octanol–water partition coefficient (Wildman–Crippen LogP) is 2.11. The molecule has 3 nitrogen and oxygen atoms in total. The van der Waals surface area contributed by atoms with Gasteiger partial charge in [0.2, 0.25) is 0 Å². The van der Waals surface area contributed by atoms with E-state index >= 15 is 0 Å². The molecule has 0 unspecified atom stereocenters. The van der Waals surface area contributed by atoms with Crippen LogP contribution in [0, 0.1) is 5.92 Å². The summed E-state index contributed by atoms with van der Waals surface area (Å²) in [6, 6.07) is 0.122. The van der Waals surface area contributed by atoms with Gasteiger partial charge in [-0.2, -0.15) is 18.3 Å². The van der Waals surface area contributed by atoms with Gasteiger partial charge in [-0.1, -0.05) is 6.08 Å². The van der Waals surface area contributed by atoms with Gasteiger partial charge < -0.3 is 5.73 Å². The lowest BCUT2D eigenvalue weighted by atomic mass is 9.81. The Labute approximate surface area is 92.8 Å². The van der Waals surface area contributed by atoms with Crippen LogP contribution in [0.3, 0.4) is 0 Å². The summed E-state index contributed by atoms with van der Waals surface area (Å²) in [5.41, 5.74) is 4.82. The van der Waals surface area contributed by atoms with Crippen molar-refractivity contribution < 1.29 is 13.2 Å². The molecule has 0 radical (unpaired) electrons. The molecule has 0 aliphatic heterocycles. The first-order chi connectivity index (χ1) is 7.38. The van der Waals surface area contributed by atoms with Crippen LogP contribution >= 0.6 is 0 Å². The predicted molar refractivity (Wildman–Crippen MR) is 56.8 cm³/mol. The van der Waals surface area contributed by atoms with Crippen molar-refractivity contribution in [1.29, 1.82) is 0 Å². The van der Waals surface area contributed by atoms with E-state index in [1.165, 1.54) is 6.92 Å². The first-order valence-electron chi connectivity index (χ1n) is 5.11. The van der Waals surface area contributed by atoms with Crippen LogP contribution in [0.25, 0.3) is 0 Å². The molecule has 0 aromatic carbocycles. The molecule has 0 aromatic heterocycles. The first-order valence-corrected chi connectivity index (χ1v) is 5.11. The highest BCUT2D eigenvalue weighted by molar-refractivity contribution is 5.24. The lowest BCUT2D eigenvalue weighted by Gasteiger charge is -2.36. The molecule has 0 spiro atoms. The maximum atomic E-state index is 12.6. The normalized spacial score (nSPS) is 26.2. The molecule has 1 fully saturated rings. The van der Waals surface area contributed by atoms with Crippen LogP contribution < -0.4 is 5.73 Å². The fourth-order valence-corrected chi connectivity index (χ4v) is 1.87. The summed E-state index contributed by atoms with van der Waals surface area (Å²) in [7, 11) is 0. The van der Waals surface area contributed by atoms with Crippen LogP contribution in [0.15, 0.2) is 16.9 Å². The number of halogens is 3. The van der Waals surface area contributed by atoms with Crippen molar-refractivity contribution in [3.05, 3.63) is 11.8 Å². The Hall–Kier alpha value is -1.04. The van der Waals surface area contributed by atoms with E-state index in [9.17, 15) is 13.2 Å². The number of allylic oxidation sites excluding steroid dienone is 2. The summed E-state index contributed by atoms with van der Waals surface area (Å²) in [5.74, 6) is 0.179. The van der Waals surface area contributed by atoms with Gasteiger partial charge in [-0.05, 0) is 25.7 Å². The molecule has 0 aromatic rings. The molecule has 1 rings (SSSR count). The molecule has 0 atom stereocenters. The molecular formula is C10H16F3N3. The van der Waals surface area contributed by atoms with Gasteiger partial charge in [0.1, 0.15) is 5.70 Å². The standard InChI is InChI=1S/C10H16F3N3/c1-3-9(10(11,12)13)16(15-2)6-7-4-8(14)5-7/h3,7-8H,2,4-6,14H2,1H3/b9-3-. The largest absolute Gasteiger partial charge is 0.432 e. The fraction of sp³-hybridized carbons (Fsp3) is 0.700. The van der Waals surface area contributed by atoms with Gasteiger partial charge in [-0.3, -0.25) is 5.01 Å². The Kier molecular flexibility index (Phi) is 3.96.